The molecule has 1 aliphatic rings. The first-order valence-corrected chi connectivity index (χ1v) is 6.45. The molecule has 1 fully saturated rings. The molecule has 2 rings (SSSR count). The number of hydrogen-bond acceptors (Lipinski definition) is 5. The predicted octanol–water partition coefficient (Wildman–Crippen LogP) is 1.31. The lowest BCUT2D eigenvalue weighted by Gasteiger charge is -2.39. The van der Waals surface area contributed by atoms with Crippen molar-refractivity contribution in [2.24, 2.45) is 0 Å². The molecule has 1 atom stereocenters. The summed E-state index contributed by atoms with van der Waals surface area (Å²) in [6.45, 7) is 0.945. The Hall–Kier alpha value is -2.10. The molecule has 1 aromatic heterocycles. The number of halogens is 3. The lowest BCUT2D eigenvalue weighted by Crippen LogP contribution is -2.57. The molecule has 1 aromatic rings. The molecule has 122 valence electrons. The number of ether oxygens (including phenoxy) is 1. The van der Waals surface area contributed by atoms with Crippen molar-refractivity contribution in [3.63, 3.8) is 0 Å². The SMILES string of the molecule is COC[C@@H]1CN(c2ncc(C(F)(F)F)cn2)CCN1C(=O)O. The second-order valence-corrected chi connectivity index (χ2v) is 4.80. The van der Waals surface area contributed by atoms with Gasteiger partial charge in [0.1, 0.15) is 0 Å². The number of alkyl halides is 3. The maximum absolute atomic E-state index is 12.5. The van der Waals surface area contributed by atoms with Gasteiger partial charge in [0.05, 0.1) is 18.2 Å². The molecule has 2 heterocycles. The van der Waals surface area contributed by atoms with E-state index in [4.69, 9.17) is 9.84 Å². The maximum Gasteiger partial charge on any atom is 0.419 e. The number of methoxy groups -OCH3 is 1. The Morgan fingerprint density at radius 3 is 2.55 bits per heavy atom. The largest absolute Gasteiger partial charge is 0.465 e. The molecule has 0 aliphatic carbocycles. The van der Waals surface area contributed by atoms with E-state index in [1.165, 1.54) is 12.0 Å². The van der Waals surface area contributed by atoms with Crippen LogP contribution in [-0.4, -0.2) is 65.5 Å². The highest BCUT2D eigenvalue weighted by molar-refractivity contribution is 5.66. The monoisotopic (exact) mass is 320 g/mol. The first-order chi connectivity index (χ1) is 10.3. The molecule has 0 unspecified atom stereocenters. The zero-order chi connectivity index (χ0) is 16.3. The molecule has 0 radical (unpaired) electrons. The zero-order valence-electron chi connectivity index (χ0n) is 11.7. The van der Waals surface area contributed by atoms with Crippen molar-refractivity contribution in [3.05, 3.63) is 18.0 Å². The average Bonchev–Trinajstić information content (AvgIpc) is 2.46. The average molecular weight is 320 g/mol. The van der Waals surface area contributed by atoms with Crippen molar-refractivity contribution in [3.8, 4) is 0 Å². The van der Waals surface area contributed by atoms with Crippen LogP contribution in [0.15, 0.2) is 12.4 Å². The van der Waals surface area contributed by atoms with Crippen molar-refractivity contribution < 1.29 is 27.8 Å². The van der Waals surface area contributed by atoms with Crippen molar-refractivity contribution in [1.29, 1.82) is 0 Å². The summed E-state index contributed by atoms with van der Waals surface area (Å²) in [7, 11) is 1.45. The standard InChI is InChI=1S/C12H15F3N4O3/c1-22-7-9-6-18(2-3-19(9)11(20)21)10-16-4-8(5-17-10)12(13,14)15/h4-5,9H,2-3,6-7H2,1H3,(H,20,21)/t9-/m0/s1. The van der Waals surface area contributed by atoms with E-state index in [2.05, 4.69) is 9.97 Å². The highest BCUT2D eigenvalue weighted by Gasteiger charge is 2.33. The molecule has 1 aliphatic heterocycles. The molecule has 7 nitrogen and oxygen atoms in total. The van der Waals surface area contributed by atoms with Gasteiger partial charge >= 0.3 is 12.3 Å². The van der Waals surface area contributed by atoms with Gasteiger partial charge in [-0.3, -0.25) is 4.90 Å². The Labute approximate surface area is 124 Å². The fraction of sp³-hybridized carbons (Fsp3) is 0.583. The molecule has 10 heteroatoms. The highest BCUT2D eigenvalue weighted by Crippen LogP contribution is 2.28. The van der Waals surface area contributed by atoms with E-state index in [9.17, 15) is 18.0 Å². The number of aromatic nitrogens is 2. The summed E-state index contributed by atoms with van der Waals surface area (Å²) >= 11 is 0. The molecule has 1 amide bonds. The minimum absolute atomic E-state index is 0.138. The van der Waals surface area contributed by atoms with Gasteiger partial charge in [-0.05, 0) is 0 Å². The van der Waals surface area contributed by atoms with Crippen LogP contribution in [0.2, 0.25) is 0 Å². The van der Waals surface area contributed by atoms with Gasteiger partial charge in [-0.2, -0.15) is 13.2 Å². The highest BCUT2D eigenvalue weighted by atomic mass is 19.4. The minimum Gasteiger partial charge on any atom is -0.465 e. The van der Waals surface area contributed by atoms with Crippen molar-refractivity contribution in [2.45, 2.75) is 12.2 Å². The third-order valence-electron chi connectivity index (χ3n) is 3.34. The molecule has 0 spiro atoms. The van der Waals surface area contributed by atoms with Gasteiger partial charge in [-0.15, -0.1) is 0 Å². The van der Waals surface area contributed by atoms with E-state index in [1.54, 1.807) is 4.90 Å². The van der Waals surface area contributed by atoms with Gasteiger partial charge in [-0.25, -0.2) is 14.8 Å². The molecule has 22 heavy (non-hydrogen) atoms. The molecular formula is C12H15F3N4O3. The summed E-state index contributed by atoms with van der Waals surface area (Å²) in [5.41, 5.74) is -0.922. The van der Waals surface area contributed by atoms with Crippen LogP contribution in [0, 0.1) is 0 Å². The second kappa shape index (κ2) is 6.34. The van der Waals surface area contributed by atoms with E-state index < -0.39 is 23.9 Å². The Morgan fingerprint density at radius 2 is 2.05 bits per heavy atom. The number of piperazine rings is 1. The Morgan fingerprint density at radius 1 is 1.41 bits per heavy atom. The zero-order valence-corrected chi connectivity index (χ0v) is 11.7. The van der Waals surface area contributed by atoms with Gasteiger partial charge in [0.15, 0.2) is 0 Å². The fourth-order valence-electron chi connectivity index (χ4n) is 2.25. The van der Waals surface area contributed by atoms with Crippen LogP contribution in [-0.2, 0) is 10.9 Å². The Kier molecular flexibility index (Phi) is 4.69. The first-order valence-electron chi connectivity index (χ1n) is 6.45. The van der Waals surface area contributed by atoms with E-state index in [0.717, 1.165) is 12.4 Å². The summed E-state index contributed by atoms with van der Waals surface area (Å²) in [5.74, 6) is 0.138. The maximum atomic E-state index is 12.5. The van der Waals surface area contributed by atoms with Gasteiger partial charge < -0.3 is 14.7 Å². The van der Waals surface area contributed by atoms with Gasteiger partial charge in [0.25, 0.3) is 0 Å². The van der Waals surface area contributed by atoms with E-state index in [0.29, 0.717) is 6.54 Å². The van der Waals surface area contributed by atoms with E-state index in [1.807, 2.05) is 0 Å². The lowest BCUT2D eigenvalue weighted by molar-refractivity contribution is -0.138. The van der Waals surface area contributed by atoms with Crippen LogP contribution in [0.4, 0.5) is 23.9 Å². The van der Waals surface area contributed by atoms with Crippen LogP contribution in [0.25, 0.3) is 0 Å². The number of nitrogens with zero attached hydrogens (tertiary/aromatic N) is 4. The molecular weight excluding hydrogens is 305 g/mol. The molecule has 1 N–H and O–H groups in total. The van der Waals surface area contributed by atoms with E-state index >= 15 is 0 Å². The Balaban J connectivity index is 2.11. The van der Waals surface area contributed by atoms with Crippen molar-refractivity contribution in [2.75, 3.05) is 38.3 Å². The summed E-state index contributed by atoms with van der Waals surface area (Å²) in [6, 6.07) is -0.429. The quantitative estimate of drug-likeness (QED) is 0.905. The predicted molar refractivity (Wildman–Crippen MR) is 69.6 cm³/mol. The number of carboxylic acid groups (broad SMARTS) is 1. The Bertz CT molecular complexity index is 523. The molecule has 1 saturated heterocycles. The third kappa shape index (κ3) is 3.56. The lowest BCUT2D eigenvalue weighted by atomic mass is 10.2. The van der Waals surface area contributed by atoms with Crippen molar-refractivity contribution >= 4 is 12.0 Å². The molecule has 0 aromatic carbocycles. The number of rotatable bonds is 3. The number of carbonyl (C=O) groups is 1. The van der Waals surface area contributed by atoms with Crippen LogP contribution in [0.3, 0.4) is 0 Å². The van der Waals surface area contributed by atoms with Crippen LogP contribution in [0.5, 0.6) is 0 Å². The normalized spacial score (nSPS) is 19.4. The number of amides is 1. The van der Waals surface area contributed by atoms with Gasteiger partial charge in [0.2, 0.25) is 5.95 Å². The van der Waals surface area contributed by atoms with Crippen LogP contribution in [0.1, 0.15) is 5.56 Å². The summed E-state index contributed by atoms with van der Waals surface area (Å²) in [4.78, 5) is 21.5. The summed E-state index contributed by atoms with van der Waals surface area (Å²) in [6.07, 6.45) is -4.11. The van der Waals surface area contributed by atoms with Gasteiger partial charge in [0, 0.05) is 39.1 Å². The van der Waals surface area contributed by atoms with E-state index in [-0.39, 0.29) is 25.6 Å². The summed E-state index contributed by atoms with van der Waals surface area (Å²) in [5, 5.41) is 9.11. The topological polar surface area (TPSA) is 78.8 Å². The second-order valence-electron chi connectivity index (χ2n) is 4.80. The fourth-order valence-corrected chi connectivity index (χ4v) is 2.25. The first kappa shape index (κ1) is 16.3. The van der Waals surface area contributed by atoms with Crippen molar-refractivity contribution in [1.82, 2.24) is 14.9 Å². The smallest absolute Gasteiger partial charge is 0.419 e. The minimum atomic E-state index is -4.49. The van der Waals surface area contributed by atoms with Crippen LogP contribution >= 0.6 is 0 Å². The summed E-state index contributed by atoms with van der Waals surface area (Å²) < 4.78 is 42.4. The number of hydrogen-bond donors (Lipinski definition) is 1. The van der Waals surface area contributed by atoms with Crippen LogP contribution < -0.4 is 4.90 Å². The molecule has 0 bridgehead atoms. The molecule has 0 saturated carbocycles. The number of anilines is 1. The third-order valence-corrected chi connectivity index (χ3v) is 3.34. The van der Waals surface area contributed by atoms with Gasteiger partial charge in [-0.1, -0.05) is 0 Å².